The van der Waals surface area contributed by atoms with E-state index in [9.17, 15) is 15.2 Å². The number of anilines is 1. The molecule has 1 unspecified atom stereocenters. The SMILES string of the molecule is CCC(C)Oc1ccc(C=C(C#N)C(=O)Nc2ccc(O)cc2)cc1. The Morgan fingerprint density at radius 2 is 1.88 bits per heavy atom. The molecule has 0 aromatic heterocycles. The fourth-order valence-corrected chi connectivity index (χ4v) is 2.02. The summed E-state index contributed by atoms with van der Waals surface area (Å²) in [6.07, 6.45) is 2.56. The van der Waals surface area contributed by atoms with Gasteiger partial charge in [-0.1, -0.05) is 19.1 Å². The summed E-state index contributed by atoms with van der Waals surface area (Å²) < 4.78 is 5.70. The first kappa shape index (κ1) is 18.1. The second-order valence-electron chi connectivity index (χ2n) is 5.58. The van der Waals surface area contributed by atoms with Crippen LogP contribution in [0, 0.1) is 11.3 Å². The van der Waals surface area contributed by atoms with Crippen LogP contribution in [-0.2, 0) is 4.79 Å². The molecule has 0 fully saturated rings. The number of amides is 1. The molecule has 0 bridgehead atoms. The number of hydrogen-bond donors (Lipinski definition) is 2. The molecule has 1 amide bonds. The van der Waals surface area contributed by atoms with Crippen molar-refractivity contribution >= 4 is 17.7 Å². The van der Waals surface area contributed by atoms with Crippen molar-refractivity contribution in [3.63, 3.8) is 0 Å². The highest BCUT2D eigenvalue weighted by atomic mass is 16.5. The maximum atomic E-state index is 12.2. The molecule has 2 N–H and O–H groups in total. The Balaban J connectivity index is 2.09. The van der Waals surface area contributed by atoms with Gasteiger partial charge >= 0.3 is 0 Å². The maximum absolute atomic E-state index is 12.2. The summed E-state index contributed by atoms with van der Waals surface area (Å²) in [6.45, 7) is 4.04. The Bertz CT molecular complexity index is 787. The van der Waals surface area contributed by atoms with Gasteiger partial charge in [-0.05, 0) is 61.4 Å². The van der Waals surface area contributed by atoms with Crippen LogP contribution in [0.3, 0.4) is 0 Å². The molecule has 2 aromatic carbocycles. The zero-order chi connectivity index (χ0) is 18.2. The van der Waals surface area contributed by atoms with E-state index in [2.05, 4.69) is 5.32 Å². The number of rotatable bonds is 6. The second kappa shape index (κ2) is 8.55. The van der Waals surface area contributed by atoms with E-state index in [1.165, 1.54) is 18.2 Å². The van der Waals surface area contributed by atoms with Gasteiger partial charge in [-0.3, -0.25) is 4.79 Å². The van der Waals surface area contributed by atoms with E-state index in [1.807, 2.05) is 32.0 Å². The van der Waals surface area contributed by atoms with Crippen LogP contribution in [0.25, 0.3) is 6.08 Å². The van der Waals surface area contributed by atoms with Gasteiger partial charge in [0.1, 0.15) is 23.1 Å². The average molecular weight is 336 g/mol. The molecule has 0 aliphatic carbocycles. The van der Waals surface area contributed by atoms with E-state index in [1.54, 1.807) is 24.3 Å². The lowest BCUT2D eigenvalue weighted by Gasteiger charge is -2.12. The second-order valence-corrected chi connectivity index (χ2v) is 5.58. The zero-order valence-corrected chi connectivity index (χ0v) is 14.2. The van der Waals surface area contributed by atoms with Gasteiger partial charge in [0.25, 0.3) is 5.91 Å². The fourth-order valence-electron chi connectivity index (χ4n) is 2.02. The van der Waals surface area contributed by atoms with E-state index in [4.69, 9.17) is 4.74 Å². The number of nitriles is 1. The van der Waals surface area contributed by atoms with Gasteiger partial charge in [-0.15, -0.1) is 0 Å². The van der Waals surface area contributed by atoms with Crippen molar-refractivity contribution in [2.24, 2.45) is 0 Å². The highest BCUT2D eigenvalue weighted by Crippen LogP contribution is 2.18. The van der Waals surface area contributed by atoms with Gasteiger partial charge in [-0.2, -0.15) is 5.26 Å². The molecule has 5 nitrogen and oxygen atoms in total. The number of phenolic OH excluding ortho intramolecular Hbond substituents is 1. The van der Waals surface area contributed by atoms with Crippen molar-refractivity contribution in [2.75, 3.05) is 5.32 Å². The van der Waals surface area contributed by atoms with Crippen molar-refractivity contribution < 1.29 is 14.6 Å². The van der Waals surface area contributed by atoms with Crippen LogP contribution >= 0.6 is 0 Å². The van der Waals surface area contributed by atoms with Gasteiger partial charge in [0.05, 0.1) is 6.10 Å². The third-order valence-electron chi connectivity index (χ3n) is 3.59. The molecular weight excluding hydrogens is 316 g/mol. The lowest BCUT2D eigenvalue weighted by molar-refractivity contribution is -0.112. The quantitative estimate of drug-likeness (QED) is 0.472. The molecule has 0 saturated heterocycles. The Labute approximate surface area is 147 Å². The molecule has 2 rings (SSSR count). The van der Waals surface area contributed by atoms with Gasteiger partial charge < -0.3 is 15.2 Å². The molecule has 25 heavy (non-hydrogen) atoms. The molecule has 0 saturated carbocycles. The molecule has 128 valence electrons. The third kappa shape index (κ3) is 5.40. The van der Waals surface area contributed by atoms with Crippen LogP contribution in [0.5, 0.6) is 11.5 Å². The van der Waals surface area contributed by atoms with Crippen molar-refractivity contribution in [1.29, 1.82) is 5.26 Å². The molecule has 0 radical (unpaired) electrons. The Morgan fingerprint density at radius 3 is 2.44 bits per heavy atom. The maximum Gasteiger partial charge on any atom is 0.266 e. The Morgan fingerprint density at radius 1 is 1.24 bits per heavy atom. The molecule has 0 heterocycles. The monoisotopic (exact) mass is 336 g/mol. The highest BCUT2D eigenvalue weighted by Gasteiger charge is 2.10. The van der Waals surface area contributed by atoms with Gasteiger partial charge in [-0.25, -0.2) is 0 Å². The summed E-state index contributed by atoms with van der Waals surface area (Å²) in [7, 11) is 0. The normalized spacial score (nSPS) is 12.1. The summed E-state index contributed by atoms with van der Waals surface area (Å²) in [4.78, 5) is 12.2. The number of aromatic hydroxyl groups is 1. The predicted octanol–water partition coefficient (Wildman–Crippen LogP) is 4.12. The minimum atomic E-state index is -0.506. The first-order valence-electron chi connectivity index (χ1n) is 8.00. The Kier molecular flexibility index (Phi) is 6.19. The summed E-state index contributed by atoms with van der Waals surface area (Å²) in [5.41, 5.74) is 1.22. The van der Waals surface area contributed by atoms with Crippen LogP contribution in [0.1, 0.15) is 25.8 Å². The molecule has 0 aliphatic rings. The molecule has 5 heteroatoms. The number of nitrogens with zero attached hydrogens (tertiary/aromatic N) is 1. The van der Waals surface area contributed by atoms with Crippen LogP contribution in [-0.4, -0.2) is 17.1 Å². The zero-order valence-electron chi connectivity index (χ0n) is 14.2. The number of phenols is 1. The minimum absolute atomic E-state index is 0.0105. The van der Waals surface area contributed by atoms with Crippen LogP contribution in [0.15, 0.2) is 54.1 Å². The number of benzene rings is 2. The number of nitrogens with one attached hydrogen (secondary N) is 1. The number of carbonyl (C=O) groups is 1. The summed E-state index contributed by atoms with van der Waals surface area (Å²) in [5.74, 6) is 0.348. The minimum Gasteiger partial charge on any atom is -0.508 e. The van der Waals surface area contributed by atoms with Crippen molar-refractivity contribution in [3.8, 4) is 17.6 Å². The summed E-state index contributed by atoms with van der Waals surface area (Å²) >= 11 is 0. The van der Waals surface area contributed by atoms with Crippen molar-refractivity contribution in [2.45, 2.75) is 26.4 Å². The first-order chi connectivity index (χ1) is 12.0. The molecular formula is C20H20N2O3. The van der Waals surface area contributed by atoms with Gasteiger partial charge in [0, 0.05) is 5.69 Å². The first-order valence-corrected chi connectivity index (χ1v) is 8.00. The van der Waals surface area contributed by atoms with Gasteiger partial charge in [0.2, 0.25) is 0 Å². The number of hydrogen-bond acceptors (Lipinski definition) is 4. The lowest BCUT2D eigenvalue weighted by Crippen LogP contribution is -2.13. The van der Waals surface area contributed by atoms with E-state index in [0.29, 0.717) is 5.69 Å². The van der Waals surface area contributed by atoms with Crippen LogP contribution in [0.2, 0.25) is 0 Å². The topological polar surface area (TPSA) is 82.3 Å². The molecule has 2 aromatic rings. The van der Waals surface area contributed by atoms with E-state index in [-0.39, 0.29) is 17.4 Å². The Hall–Kier alpha value is -3.26. The summed E-state index contributed by atoms with van der Waals surface area (Å²) in [6, 6.07) is 15.2. The van der Waals surface area contributed by atoms with Crippen LogP contribution in [0.4, 0.5) is 5.69 Å². The van der Waals surface area contributed by atoms with Gasteiger partial charge in [0.15, 0.2) is 0 Å². The molecule has 0 aliphatic heterocycles. The van der Waals surface area contributed by atoms with E-state index >= 15 is 0 Å². The van der Waals surface area contributed by atoms with Crippen LogP contribution < -0.4 is 10.1 Å². The largest absolute Gasteiger partial charge is 0.508 e. The average Bonchev–Trinajstić information content (AvgIpc) is 2.62. The molecule has 1 atom stereocenters. The fraction of sp³-hybridized carbons (Fsp3) is 0.200. The lowest BCUT2D eigenvalue weighted by atomic mass is 10.1. The molecule has 0 spiro atoms. The van der Waals surface area contributed by atoms with E-state index in [0.717, 1.165) is 17.7 Å². The standard InChI is InChI=1S/C20H20N2O3/c1-3-14(2)25-19-10-4-15(5-11-19)12-16(13-21)20(24)22-17-6-8-18(23)9-7-17/h4-12,14,23H,3H2,1-2H3,(H,22,24). The smallest absolute Gasteiger partial charge is 0.266 e. The summed E-state index contributed by atoms with van der Waals surface area (Å²) in [5, 5.41) is 21.1. The van der Waals surface area contributed by atoms with Crippen molar-refractivity contribution in [1.82, 2.24) is 0 Å². The predicted molar refractivity (Wildman–Crippen MR) is 97.1 cm³/mol. The third-order valence-corrected chi connectivity index (χ3v) is 3.59. The number of carbonyl (C=O) groups excluding carboxylic acids is 1. The number of ether oxygens (including phenoxy) is 1. The highest BCUT2D eigenvalue weighted by molar-refractivity contribution is 6.09. The van der Waals surface area contributed by atoms with E-state index < -0.39 is 5.91 Å². The van der Waals surface area contributed by atoms with Crippen molar-refractivity contribution in [3.05, 3.63) is 59.7 Å².